The molecule has 2 heterocycles. The molecule has 2 aromatic carbocycles. The van der Waals surface area contributed by atoms with E-state index in [2.05, 4.69) is 0 Å². The van der Waals surface area contributed by atoms with E-state index < -0.39 is 5.91 Å². The molecule has 1 unspecified atom stereocenters. The van der Waals surface area contributed by atoms with Gasteiger partial charge >= 0.3 is 0 Å². The number of fused-ring (bicyclic) bond motifs is 5. The number of benzene rings is 2. The predicted octanol–water partition coefficient (Wildman–Crippen LogP) is 3.45. The SMILES string of the molecule is COc1cccc2c1C(O)(OC)n1c-2c2c3c(cc(C)cc31)C=CC2=O. The number of aliphatic hydroxyl groups is 1. The molecule has 0 bridgehead atoms. The van der Waals surface area contributed by atoms with Crippen molar-refractivity contribution in [3.8, 4) is 17.0 Å². The number of ketones is 1. The highest BCUT2D eigenvalue weighted by Gasteiger charge is 2.48. The molecule has 1 aliphatic carbocycles. The minimum absolute atomic E-state index is 0.0748. The molecule has 5 nitrogen and oxygen atoms in total. The summed E-state index contributed by atoms with van der Waals surface area (Å²) in [5, 5.41) is 12.4. The van der Waals surface area contributed by atoms with Gasteiger partial charge < -0.3 is 14.6 Å². The summed E-state index contributed by atoms with van der Waals surface area (Å²) in [6, 6.07) is 9.53. The van der Waals surface area contributed by atoms with E-state index in [4.69, 9.17) is 9.47 Å². The van der Waals surface area contributed by atoms with Gasteiger partial charge in [-0.15, -0.1) is 0 Å². The lowest BCUT2D eigenvalue weighted by molar-refractivity contribution is -0.208. The number of ether oxygens (including phenoxy) is 2. The molecular weight excluding hydrogens is 330 g/mol. The van der Waals surface area contributed by atoms with E-state index in [1.165, 1.54) is 7.11 Å². The average molecular weight is 347 g/mol. The molecule has 0 saturated heterocycles. The third kappa shape index (κ3) is 1.60. The maximum absolute atomic E-state index is 12.8. The highest BCUT2D eigenvalue weighted by molar-refractivity contribution is 6.24. The van der Waals surface area contributed by atoms with Crippen LogP contribution in [0.25, 0.3) is 28.2 Å². The van der Waals surface area contributed by atoms with Crippen molar-refractivity contribution in [2.75, 3.05) is 14.2 Å². The number of hydrogen-bond acceptors (Lipinski definition) is 4. The van der Waals surface area contributed by atoms with Gasteiger partial charge in [0.2, 0.25) is 0 Å². The van der Waals surface area contributed by atoms with E-state index in [9.17, 15) is 9.90 Å². The largest absolute Gasteiger partial charge is 0.496 e. The first-order chi connectivity index (χ1) is 12.5. The Balaban J connectivity index is 2.04. The second-order valence-corrected chi connectivity index (χ2v) is 6.70. The van der Waals surface area contributed by atoms with Crippen molar-refractivity contribution >= 4 is 22.8 Å². The molecular formula is C21H17NO4. The topological polar surface area (TPSA) is 60.7 Å². The lowest BCUT2D eigenvalue weighted by atomic mass is 9.92. The van der Waals surface area contributed by atoms with Gasteiger partial charge in [0.25, 0.3) is 5.91 Å². The van der Waals surface area contributed by atoms with Crippen LogP contribution in [0.2, 0.25) is 0 Å². The lowest BCUT2D eigenvalue weighted by Gasteiger charge is -2.27. The second kappa shape index (κ2) is 4.84. The number of carbonyl (C=O) groups is 1. The maximum Gasteiger partial charge on any atom is 0.286 e. The van der Waals surface area contributed by atoms with Gasteiger partial charge in [0.05, 0.1) is 29.4 Å². The summed E-state index contributed by atoms with van der Waals surface area (Å²) in [6.45, 7) is 1.99. The molecule has 0 radical (unpaired) electrons. The molecule has 2 aliphatic rings. The summed E-state index contributed by atoms with van der Waals surface area (Å²) >= 11 is 0. The number of rotatable bonds is 2. The van der Waals surface area contributed by atoms with Crippen molar-refractivity contribution in [2.24, 2.45) is 0 Å². The predicted molar refractivity (Wildman–Crippen MR) is 98.3 cm³/mol. The van der Waals surface area contributed by atoms with Crippen molar-refractivity contribution in [1.29, 1.82) is 0 Å². The van der Waals surface area contributed by atoms with Crippen LogP contribution >= 0.6 is 0 Å². The first-order valence-electron chi connectivity index (χ1n) is 8.38. The first kappa shape index (κ1) is 15.4. The van der Waals surface area contributed by atoms with Gasteiger partial charge in [0.15, 0.2) is 5.78 Å². The molecule has 0 spiro atoms. The van der Waals surface area contributed by atoms with Crippen molar-refractivity contribution < 1.29 is 19.4 Å². The number of hydrogen-bond donors (Lipinski definition) is 1. The number of allylic oxidation sites excluding steroid dienone is 1. The summed E-state index contributed by atoms with van der Waals surface area (Å²) in [6.07, 6.45) is 3.42. The van der Waals surface area contributed by atoms with Gasteiger partial charge in [-0.05, 0) is 36.3 Å². The zero-order chi connectivity index (χ0) is 18.2. The highest BCUT2D eigenvalue weighted by atomic mass is 16.6. The van der Waals surface area contributed by atoms with Gasteiger partial charge in [0.1, 0.15) is 5.75 Å². The fourth-order valence-electron chi connectivity index (χ4n) is 4.32. The molecule has 0 saturated carbocycles. The van der Waals surface area contributed by atoms with Crippen LogP contribution in [0.15, 0.2) is 36.4 Å². The highest BCUT2D eigenvalue weighted by Crippen LogP contribution is 2.53. The lowest BCUT2D eigenvalue weighted by Crippen LogP contribution is -2.34. The minimum Gasteiger partial charge on any atom is -0.496 e. The van der Waals surface area contributed by atoms with Gasteiger partial charge in [-0.25, -0.2) is 0 Å². The zero-order valence-corrected chi connectivity index (χ0v) is 14.7. The average Bonchev–Trinajstić information content (AvgIpc) is 3.12. The zero-order valence-electron chi connectivity index (χ0n) is 14.7. The summed E-state index contributed by atoms with van der Waals surface area (Å²) in [7, 11) is 3.00. The van der Waals surface area contributed by atoms with Crippen LogP contribution in [0.3, 0.4) is 0 Å². The number of carbonyl (C=O) groups excluding carboxylic acids is 1. The summed E-state index contributed by atoms with van der Waals surface area (Å²) in [4.78, 5) is 12.8. The Labute approximate surface area is 150 Å². The number of nitrogens with zero attached hydrogens (tertiary/aromatic N) is 1. The van der Waals surface area contributed by atoms with Crippen LogP contribution < -0.4 is 4.74 Å². The summed E-state index contributed by atoms with van der Waals surface area (Å²) in [5.74, 6) is -1.31. The Kier molecular flexibility index (Phi) is 2.86. The fourth-order valence-corrected chi connectivity index (χ4v) is 4.32. The van der Waals surface area contributed by atoms with E-state index in [1.807, 2.05) is 37.3 Å². The number of aryl methyl sites for hydroxylation is 1. The Bertz CT molecular complexity index is 1150. The molecule has 5 rings (SSSR count). The maximum atomic E-state index is 12.8. The second-order valence-electron chi connectivity index (χ2n) is 6.70. The monoisotopic (exact) mass is 347 g/mol. The quantitative estimate of drug-likeness (QED) is 0.722. The smallest absolute Gasteiger partial charge is 0.286 e. The summed E-state index contributed by atoms with van der Waals surface area (Å²) in [5.41, 5.74) is 5.31. The Morgan fingerprint density at radius 2 is 1.96 bits per heavy atom. The fraction of sp³-hybridized carbons (Fsp3) is 0.190. The van der Waals surface area contributed by atoms with Crippen molar-refractivity contribution in [2.45, 2.75) is 12.8 Å². The van der Waals surface area contributed by atoms with Crippen LogP contribution in [-0.2, 0) is 10.6 Å². The van der Waals surface area contributed by atoms with Crippen LogP contribution in [0.4, 0.5) is 0 Å². The van der Waals surface area contributed by atoms with Gasteiger partial charge in [-0.2, -0.15) is 0 Å². The Morgan fingerprint density at radius 3 is 2.69 bits per heavy atom. The van der Waals surface area contributed by atoms with E-state index in [0.717, 1.165) is 27.6 Å². The number of aromatic nitrogens is 1. The molecule has 5 heteroatoms. The van der Waals surface area contributed by atoms with Crippen LogP contribution in [0, 0.1) is 6.92 Å². The van der Waals surface area contributed by atoms with Gasteiger partial charge in [-0.3, -0.25) is 9.36 Å². The third-order valence-electron chi connectivity index (χ3n) is 5.32. The molecule has 26 heavy (non-hydrogen) atoms. The van der Waals surface area contributed by atoms with E-state index in [1.54, 1.807) is 23.8 Å². The van der Waals surface area contributed by atoms with E-state index in [-0.39, 0.29) is 5.78 Å². The Morgan fingerprint density at radius 1 is 1.15 bits per heavy atom. The number of methoxy groups -OCH3 is 2. The standard InChI is InChI=1S/C21H17NO4/c1-11-9-12-7-8-15(23)18-17(12)14(10-11)22-20(18)13-5-4-6-16(25-2)19(13)21(22,24)26-3/h4-10,24H,1-3H3. The van der Waals surface area contributed by atoms with E-state index >= 15 is 0 Å². The van der Waals surface area contributed by atoms with Gasteiger partial charge in [0, 0.05) is 18.1 Å². The first-order valence-corrected chi connectivity index (χ1v) is 8.38. The van der Waals surface area contributed by atoms with Crippen LogP contribution in [0.5, 0.6) is 5.75 Å². The van der Waals surface area contributed by atoms with Gasteiger partial charge in [-0.1, -0.05) is 24.3 Å². The van der Waals surface area contributed by atoms with Crippen molar-refractivity contribution in [3.05, 3.63) is 58.7 Å². The molecule has 1 N–H and O–H groups in total. The third-order valence-corrected chi connectivity index (χ3v) is 5.32. The van der Waals surface area contributed by atoms with Crippen molar-refractivity contribution in [3.63, 3.8) is 0 Å². The molecule has 1 atom stereocenters. The molecule has 1 aromatic heterocycles. The van der Waals surface area contributed by atoms with E-state index in [0.29, 0.717) is 22.6 Å². The minimum atomic E-state index is -1.75. The normalized spacial score (nSPS) is 19.8. The summed E-state index contributed by atoms with van der Waals surface area (Å²) < 4.78 is 12.8. The van der Waals surface area contributed by atoms with Crippen LogP contribution in [0.1, 0.15) is 27.0 Å². The molecule has 130 valence electrons. The Hall–Kier alpha value is -2.89. The molecule has 0 amide bonds. The molecule has 0 fully saturated rings. The molecule has 3 aromatic rings. The van der Waals surface area contributed by atoms with Crippen molar-refractivity contribution in [1.82, 2.24) is 4.57 Å². The molecule has 1 aliphatic heterocycles. The van der Waals surface area contributed by atoms with Crippen LogP contribution in [-0.4, -0.2) is 29.7 Å².